The summed E-state index contributed by atoms with van der Waals surface area (Å²) in [5.74, 6) is -0.492. The molecule has 156 valence electrons. The van der Waals surface area contributed by atoms with Gasteiger partial charge in [0.25, 0.3) is 5.56 Å². The molecule has 4 rings (SSSR count). The van der Waals surface area contributed by atoms with Crippen LogP contribution in [0, 0.1) is 6.92 Å². The molecule has 2 aromatic carbocycles. The predicted molar refractivity (Wildman–Crippen MR) is 113 cm³/mol. The van der Waals surface area contributed by atoms with Gasteiger partial charge in [-0.05, 0) is 40.6 Å². The van der Waals surface area contributed by atoms with Crippen LogP contribution in [0.15, 0.2) is 76.7 Å². The van der Waals surface area contributed by atoms with Crippen LogP contribution >= 0.6 is 0 Å². The molecule has 4 aromatic rings. The monoisotopic (exact) mass is 417 g/mol. The van der Waals surface area contributed by atoms with Crippen molar-refractivity contribution in [1.82, 2.24) is 29.3 Å². The largest absolute Gasteiger partial charge is 0.331 e. The third kappa shape index (κ3) is 4.47. The highest BCUT2D eigenvalue weighted by atomic mass is 16.2. The van der Waals surface area contributed by atoms with E-state index in [2.05, 4.69) is 20.8 Å². The van der Waals surface area contributed by atoms with Gasteiger partial charge in [-0.1, -0.05) is 36.4 Å². The molecule has 2 aromatic heterocycles. The van der Waals surface area contributed by atoms with E-state index >= 15 is 0 Å². The third-order valence-corrected chi connectivity index (χ3v) is 4.75. The minimum atomic E-state index is -0.550. The van der Waals surface area contributed by atoms with Crippen LogP contribution in [0.2, 0.25) is 0 Å². The highest BCUT2D eigenvalue weighted by Gasteiger charge is 2.12. The summed E-state index contributed by atoms with van der Waals surface area (Å²) in [7, 11) is 0. The van der Waals surface area contributed by atoms with Crippen LogP contribution in [-0.4, -0.2) is 35.2 Å². The number of benzene rings is 2. The summed E-state index contributed by atoms with van der Waals surface area (Å²) in [6.07, 6.45) is 2.88. The lowest BCUT2D eigenvalue weighted by molar-refractivity contribution is -0.116. The number of carbonyl (C=O) groups is 1. The number of tetrazole rings is 1. The number of carbonyl (C=O) groups excluding carboxylic acids is 1. The summed E-state index contributed by atoms with van der Waals surface area (Å²) in [6, 6.07) is 16.0. The maximum atomic E-state index is 12.8. The van der Waals surface area contributed by atoms with Crippen LogP contribution < -0.4 is 16.6 Å². The van der Waals surface area contributed by atoms with Crippen molar-refractivity contribution in [2.24, 2.45) is 0 Å². The Morgan fingerprint density at radius 3 is 2.61 bits per heavy atom. The molecular weight excluding hydrogens is 398 g/mol. The average Bonchev–Trinajstić information content (AvgIpc) is 3.30. The lowest BCUT2D eigenvalue weighted by Crippen LogP contribution is -2.41. The number of nitrogens with one attached hydrogen (secondary N) is 1. The van der Waals surface area contributed by atoms with E-state index in [0.29, 0.717) is 17.9 Å². The molecule has 0 aliphatic heterocycles. The summed E-state index contributed by atoms with van der Waals surface area (Å²) in [6.45, 7) is 1.73. The minimum absolute atomic E-state index is 0.300. The van der Waals surface area contributed by atoms with Gasteiger partial charge in [0.1, 0.15) is 12.9 Å². The fourth-order valence-corrected chi connectivity index (χ4v) is 3.10. The molecule has 10 heteroatoms. The molecule has 0 aliphatic rings. The van der Waals surface area contributed by atoms with Gasteiger partial charge in [-0.15, -0.1) is 5.10 Å². The second-order valence-corrected chi connectivity index (χ2v) is 6.94. The first-order chi connectivity index (χ1) is 15.0. The fourth-order valence-electron chi connectivity index (χ4n) is 3.10. The average molecular weight is 417 g/mol. The van der Waals surface area contributed by atoms with Crippen molar-refractivity contribution in [3.05, 3.63) is 99.1 Å². The number of amides is 1. The smallest absolute Gasteiger partial charge is 0.324 e. The summed E-state index contributed by atoms with van der Waals surface area (Å²) in [4.78, 5) is 37.7. The van der Waals surface area contributed by atoms with E-state index in [4.69, 9.17) is 0 Å². The maximum absolute atomic E-state index is 12.8. The standard InChI is InChI=1S/C21H19N7O3/c1-15-7-8-17(28-14-22-24-25-28)11-18(15)23-19(29)13-27-20(30)9-10-26(21(27)31)12-16-5-3-2-4-6-16/h2-11,14H,12-13H2,1H3,(H,23,29). The van der Waals surface area contributed by atoms with E-state index in [9.17, 15) is 14.4 Å². The first-order valence-electron chi connectivity index (χ1n) is 9.49. The Kier molecular flexibility index (Phi) is 5.52. The van der Waals surface area contributed by atoms with Gasteiger partial charge in [0.15, 0.2) is 0 Å². The van der Waals surface area contributed by atoms with E-state index in [1.54, 1.807) is 6.07 Å². The zero-order valence-electron chi connectivity index (χ0n) is 16.7. The number of rotatable bonds is 6. The van der Waals surface area contributed by atoms with Gasteiger partial charge in [0.2, 0.25) is 5.91 Å². The fraction of sp³-hybridized carbons (Fsp3) is 0.143. The van der Waals surface area contributed by atoms with E-state index < -0.39 is 23.7 Å². The van der Waals surface area contributed by atoms with Crippen LogP contribution in [0.25, 0.3) is 5.69 Å². The number of aromatic nitrogens is 6. The van der Waals surface area contributed by atoms with E-state index in [1.165, 1.54) is 27.8 Å². The SMILES string of the molecule is Cc1ccc(-n2cnnn2)cc1NC(=O)Cn1c(=O)ccn(Cc2ccccc2)c1=O. The summed E-state index contributed by atoms with van der Waals surface area (Å²) >= 11 is 0. The molecule has 0 spiro atoms. The van der Waals surface area contributed by atoms with Crippen LogP contribution in [0.5, 0.6) is 0 Å². The number of anilines is 1. The second kappa shape index (κ2) is 8.57. The highest BCUT2D eigenvalue weighted by molar-refractivity contribution is 5.91. The summed E-state index contributed by atoms with van der Waals surface area (Å²) in [5.41, 5.74) is 1.83. The first kappa shape index (κ1) is 20.0. The van der Waals surface area contributed by atoms with Crippen molar-refractivity contribution < 1.29 is 4.79 Å². The minimum Gasteiger partial charge on any atom is -0.324 e. The van der Waals surface area contributed by atoms with Gasteiger partial charge in [0.05, 0.1) is 12.2 Å². The highest BCUT2D eigenvalue weighted by Crippen LogP contribution is 2.18. The third-order valence-electron chi connectivity index (χ3n) is 4.75. The Labute approximate surface area is 176 Å². The summed E-state index contributed by atoms with van der Waals surface area (Å²) in [5, 5.41) is 13.8. The van der Waals surface area contributed by atoms with Crippen LogP contribution in [0.3, 0.4) is 0 Å². The molecular formula is C21H19N7O3. The van der Waals surface area contributed by atoms with Crippen LogP contribution in [0.4, 0.5) is 5.69 Å². The Hall–Kier alpha value is -4.34. The molecule has 1 amide bonds. The number of hydrogen-bond donors (Lipinski definition) is 1. The van der Waals surface area contributed by atoms with Gasteiger partial charge >= 0.3 is 5.69 Å². The Morgan fingerprint density at radius 2 is 1.87 bits per heavy atom. The Bertz CT molecular complexity index is 1330. The van der Waals surface area contributed by atoms with E-state index in [0.717, 1.165) is 15.7 Å². The molecule has 0 radical (unpaired) electrons. The molecule has 0 bridgehead atoms. The molecule has 0 aliphatic carbocycles. The molecule has 2 heterocycles. The number of aryl methyl sites for hydroxylation is 1. The molecule has 1 N–H and O–H groups in total. The first-order valence-corrected chi connectivity index (χ1v) is 9.49. The van der Waals surface area contributed by atoms with Gasteiger partial charge < -0.3 is 5.32 Å². The lowest BCUT2D eigenvalue weighted by atomic mass is 10.2. The van der Waals surface area contributed by atoms with Gasteiger partial charge in [-0.2, -0.15) is 0 Å². The summed E-state index contributed by atoms with van der Waals surface area (Å²) < 4.78 is 3.77. The second-order valence-electron chi connectivity index (χ2n) is 6.94. The number of nitrogens with zero attached hydrogens (tertiary/aromatic N) is 6. The molecule has 0 atom stereocenters. The van der Waals surface area contributed by atoms with E-state index in [1.807, 2.05) is 49.4 Å². The van der Waals surface area contributed by atoms with E-state index in [-0.39, 0.29) is 0 Å². The van der Waals surface area contributed by atoms with Crippen molar-refractivity contribution in [3.8, 4) is 5.69 Å². The van der Waals surface area contributed by atoms with Crippen molar-refractivity contribution in [1.29, 1.82) is 0 Å². The predicted octanol–water partition coefficient (Wildman–Crippen LogP) is 0.981. The van der Waals surface area contributed by atoms with Crippen molar-refractivity contribution in [3.63, 3.8) is 0 Å². The zero-order valence-corrected chi connectivity index (χ0v) is 16.7. The van der Waals surface area contributed by atoms with Crippen molar-refractivity contribution in [2.45, 2.75) is 20.0 Å². The Morgan fingerprint density at radius 1 is 1.06 bits per heavy atom. The molecule has 0 unspecified atom stereocenters. The molecule has 0 saturated carbocycles. The lowest BCUT2D eigenvalue weighted by Gasteiger charge is -2.12. The molecule has 10 nitrogen and oxygen atoms in total. The Balaban J connectivity index is 1.55. The van der Waals surface area contributed by atoms with Gasteiger partial charge in [-0.3, -0.25) is 18.7 Å². The number of hydrogen-bond acceptors (Lipinski definition) is 6. The van der Waals surface area contributed by atoms with Crippen LogP contribution in [0.1, 0.15) is 11.1 Å². The van der Waals surface area contributed by atoms with Crippen molar-refractivity contribution >= 4 is 11.6 Å². The van der Waals surface area contributed by atoms with Crippen LogP contribution in [-0.2, 0) is 17.9 Å². The maximum Gasteiger partial charge on any atom is 0.331 e. The molecule has 31 heavy (non-hydrogen) atoms. The topological polar surface area (TPSA) is 117 Å². The molecule has 0 saturated heterocycles. The normalized spacial score (nSPS) is 10.7. The van der Waals surface area contributed by atoms with Gasteiger partial charge in [0, 0.05) is 18.0 Å². The van der Waals surface area contributed by atoms with Gasteiger partial charge in [-0.25, -0.2) is 9.48 Å². The van der Waals surface area contributed by atoms with Crippen molar-refractivity contribution in [2.75, 3.05) is 5.32 Å². The zero-order chi connectivity index (χ0) is 21.8. The quantitative estimate of drug-likeness (QED) is 0.500. The molecule has 0 fully saturated rings.